The van der Waals surface area contributed by atoms with Crippen molar-refractivity contribution in [2.45, 2.75) is 45.8 Å². The van der Waals surface area contributed by atoms with Crippen LogP contribution in [-0.4, -0.2) is 22.6 Å². The molecular weight excluding hydrogens is 311 g/mol. The summed E-state index contributed by atoms with van der Waals surface area (Å²) in [5.74, 6) is -0.166. The van der Waals surface area contributed by atoms with Crippen molar-refractivity contribution in [3.8, 4) is 0 Å². The SMILES string of the molecule is Cc1cccc2c3c(n(CCc4ccc(F)cc4)c12)CC(C)N(C)C3. The van der Waals surface area contributed by atoms with Crippen molar-refractivity contribution in [2.24, 2.45) is 0 Å². The van der Waals surface area contributed by atoms with Gasteiger partial charge in [-0.3, -0.25) is 4.90 Å². The van der Waals surface area contributed by atoms with Gasteiger partial charge in [0.25, 0.3) is 0 Å². The van der Waals surface area contributed by atoms with Gasteiger partial charge in [0.2, 0.25) is 0 Å². The summed E-state index contributed by atoms with van der Waals surface area (Å²) in [6.07, 6.45) is 2.01. The highest BCUT2D eigenvalue weighted by Gasteiger charge is 2.26. The number of hydrogen-bond donors (Lipinski definition) is 0. The van der Waals surface area contributed by atoms with E-state index in [9.17, 15) is 4.39 Å². The molecule has 0 saturated carbocycles. The maximum Gasteiger partial charge on any atom is 0.123 e. The van der Waals surface area contributed by atoms with Crippen LogP contribution in [0.4, 0.5) is 4.39 Å². The van der Waals surface area contributed by atoms with E-state index >= 15 is 0 Å². The van der Waals surface area contributed by atoms with Crippen LogP contribution in [0.25, 0.3) is 10.9 Å². The van der Waals surface area contributed by atoms with Crippen molar-refractivity contribution in [3.05, 3.63) is 70.7 Å². The van der Waals surface area contributed by atoms with Crippen molar-refractivity contribution in [3.63, 3.8) is 0 Å². The van der Waals surface area contributed by atoms with Gasteiger partial charge in [-0.05, 0) is 56.1 Å². The molecule has 0 amide bonds. The summed E-state index contributed by atoms with van der Waals surface area (Å²) < 4.78 is 15.7. The highest BCUT2D eigenvalue weighted by atomic mass is 19.1. The van der Waals surface area contributed by atoms with E-state index in [-0.39, 0.29) is 5.82 Å². The number of likely N-dealkylation sites (N-methyl/N-ethyl adjacent to an activating group) is 1. The molecule has 0 N–H and O–H groups in total. The lowest BCUT2D eigenvalue weighted by atomic mass is 9.99. The van der Waals surface area contributed by atoms with E-state index in [1.165, 1.54) is 33.3 Å². The molecule has 0 spiro atoms. The Bertz CT molecular complexity index is 908. The Balaban J connectivity index is 1.77. The first kappa shape index (κ1) is 16.3. The molecular formula is C22H25FN2. The van der Waals surface area contributed by atoms with Gasteiger partial charge in [0, 0.05) is 36.6 Å². The molecule has 1 aliphatic rings. The van der Waals surface area contributed by atoms with Crippen LogP contribution in [0, 0.1) is 12.7 Å². The van der Waals surface area contributed by atoms with Crippen LogP contribution in [0.3, 0.4) is 0 Å². The quantitative estimate of drug-likeness (QED) is 0.672. The molecule has 1 atom stereocenters. The number of halogens is 1. The van der Waals surface area contributed by atoms with Crippen LogP contribution < -0.4 is 0 Å². The molecule has 2 aromatic carbocycles. The molecule has 3 heteroatoms. The van der Waals surface area contributed by atoms with Gasteiger partial charge in [-0.15, -0.1) is 0 Å². The van der Waals surface area contributed by atoms with Gasteiger partial charge in [-0.1, -0.05) is 30.3 Å². The molecule has 2 heterocycles. The van der Waals surface area contributed by atoms with E-state index in [1.54, 1.807) is 12.1 Å². The third-order valence-electron chi connectivity index (χ3n) is 5.69. The number of benzene rings is 2. The first-order chi connectivity index (χ1) is 12.0. The lowest BCUT2D eigenvalue weighted by molar-refractivity contribution is 0.228. The number of fused-ring (bicyclic) bond motifs is 3. The molecule has 25 heavy (non-hydrogen) atoms. The Kier molecular flexibility index (Phi) is 4.12. The van der Waals surface area contributed by atoms with Crippen LogP contribution in [0.2, 0.25) is 0 Å². The van der Waals surface area contributed by atoms with Gasteiger partial charge in [-0.2, -0.15) is 0 Å². The second-order valence-corrected chi connectivity index (χ2v) is 7.39. The number of rotatable bonds is 3. The summed E-state index contributed by atoms with van der Waals surface area (Å²) in [5, 5.41) is 1.40. The van der Waals surface area contributed by atoms with Crippen molar-refractivity contribution in [2.75, 3.05) is 7.05 Å². The average Bonchev–Trinajstić information content (AvgIpc) is 2.89. The molecule has 0 aliphatic carbocycles. The Morgan fingerprint density at radius 3 is 2.64 bits per heavy atom. The number of para-hydroxylation sites is 1. The highest BCUT2D eigenvalue weighted by molar-refractivity contribution is 5.88. The average molecular weight is 336 g/mol. The summed E-state index contributed by atoms with van der Waals surface area (Å²) in [7, 11) is 2.21. The predicted molar refractivity (Wildman–Crippen MR) is 101 cm³/mol. The minimum atomic E-state index is -0.166. The van der Waals surface area contributed by atoms with Gasteiger partial charge in [-0.25, -0.2) is 4.39 Å². The van der Waals surface area contributed by atoms with Crippen LogP contribution in [0.1, 0.15) is 29.3 Å². The first-order valence-electron chi connectivity index (χ1n) is 9.09. The molecule has 0 fully saturated rings. The summed E-state index contributed by atoms with van der Waals surface area (Å²) >= 11 is 0. The van der Waals surface area contributed by atoms with Crippen molar-refractivity contribution in [1.29, 1.82) is 0 Å². The zero-order valence-electron chi connectivity index (χ0n) is 15.2. The largest absolute Gasteiger partial charge is 0.344 e. The molecule has 0 bridgehead atoms. The van der Waals surface area contributed by atoms with Crippen molar-refractivity contribution >= 4 is 10.9 Å². The van der Waals surface area contributed by atoms with Crippen LogP contribution in [0.5, 0.6) is 0 Å². The van der Waals surface area contributed by atoms with Crippen LogP contribution in [0.15, 0.2) is 42.5 Å². The third-order valence-corrected chi connectivity index (χ3v) is 5.69. The van der Waals surface area contributed by atoms with E-state index in [4.69, 9.17) is 0 Å². The summed E-state index contributed by atoms with van der Waals surface area (Å²) in [4.78, 5) is 2.44. The fraction of sp³-hybridized carbons (Fsp3) is 0.364. The lowest BCUT2D eigenvalue weighted by Crippen LogP contribution is -2.35. The molecule has 1 aliphatic heterocycles. The van der Waals surface area contributed by atoms with Crippen molar-refractivity contribution < 1.29 is 4.39 Å². The van der Waals surface area contributed by atoms with Gasteiger partial charge in [0.1, 0.15) is 5.82 Å². The van der Waals surface area contributed by atoms with Gasteiger partial charge >= 0.3 is 0 Å². The molecule has 2 nitrogen and oxygen atoms in total. The minimum absolute atomic E-state index is 0.166. The van der Waals surface area contributed by atoms with Gasteiger partial charge < -0.3 is 4.57 Å². The van der Waals surface area contributed by atoms with E-state index in [1.807, 2.05) is 12.1 Å². The van der Waals surface area contributed by atoms with E-state index in [0.717, 1.165) is 25.9 Å². The van der Waals surface area contributed by atoms with E-state index in [2.05, 4.69) is 48.6 Å². The fourth-order valence-corrected chi connectivity index (χ4v) is 4.10. The zero-order valence-corrected chi connectivity index (χ0v) is 15.2. The normalized spacial score (nSPS) is 17.8. The van der Waals surface area contributed by atoms with Crippen LogP contribution in [-0.2, 0) is 25.9 Å². The third kappa shape index (κ3) is 2.87. The molecule has 130 valence electrons. The maximum atomic E-state index is 13.2. The topological polar surface area (TPSA) is 8.17 Å². The molecule has 0 saturated heterocycles. The molecule has 0 radical (unpaired) electrons. The molecule has 3 aromatic rings. The Morgan fingerprint density at radius 2 is 1.88 bits per heavy atom. The molecule has 1 aromatic heterocycles. The fourth-order valence-electron chi connectivity index (χ4n) is 4.10. The van der Waals surface area contributed by atoms with Crippen LogP contribution >= 0.6 is 0 Å². The standard InChI is InChI=1S/C22H25FN2/c1-15-5-4-6-19-20-14-24(3)16(2)13-21(20)25(22(15)19)12-11-17-7-9-18(23)10-8-17/h4-10,16H,11-14H2,1-3H3. The smallest absolute Gasteiger partial charge is 0.123 e. The summed E-state index contributed by atoms with van der Waals surface area (Å²) in [6, 6.07) is 14.1. The predicted octanol–water partition coefficient (Wildman–Crippen LogP) is 4.71. The molecule has 4 rings (SSSR count). The van der Waals surface area contributed by atoms with Gasteiger partial charge in [0.15, 0.2) is 0 Å². The number of aryl methyl sites for hydroxylation is 3. The van der Waals surface area contributed by atoms with E-state index < -0.39 is 0 Å². The maximum absolute atomic E-state index is 13.2. The van der Waals surface area contributed by atoms with Crippen molar-refractivity contribution in [1.82, 2.24) is 9.47 Å². The second-order valence-electron chi connectivity index (χ2n) is 7.39. The number of nitrogens with zero attached hydrogens (tertiary/aromatic N) is 2. The monoisotopic (exact) mass is 336 g/mol. The van der Waals surface area contributed by atoms with Gasteiger partial charge in [0.05, 0.1) is 5.52 Å². The minimum Gasteiger partial charge on any atom is -0.344 e. The Hall–Kier alpha value is -2.13. The number of aromatic nitrogens is 1. The Labute approximate surface area is 148 Å². The Morgan fingerprint density at radius 1 is 1.12 bits per heavy atom. The number of hydrogen-bond acceptors (Lipinski definition) is 1. The van der Waals surface area contributed by atoms with E-state index in [0.29, 0.717) is 6.04 Å². The zero-order chi connectivity index (χ0) is 17.6. The summed E-state index contributed by atoms with van der Waals surface area (Å²) in [5.41, 5.74) is 6.86. The first-order valence-corrected chi connectivity index (χ1v) is 9.09. The molecule has 1 unspecified atom stereocenters. The lowest BCUT2D eigenvalue weighted by Gasteiger charge is -2.31. The summed E-state index contributed by atoms with van der Waals surface area (Å²) in [6.45, 7) is 6.46. The second kappa shape index (κ2) is 6.30. The highest BCUT2D eigenvalue weighted by Crippen LogP contribution is 2.34.